The lowest BCUT2D eigenvalue weighted by Crippen LogP contribution is -2.14. The SMILES string of the molecule is Cc1ccc(NS(=O)(=O)c2cc(Br)ccc2Br)c(F)c1. The van der Waals surface area contributed by atoms with Crippen molar-refractivity contribution >= 4 is 47.6 Å². The summed E-state index contributed by atoms with van der Waals surface area (Å²) in [6.07, 6.45) is 0. The Bertz CT molecular complexity index is 763. The topological polar surface area (TPSA) is 46.2 Å². The minimum Gasteiger partial charge on any atom is -0.277 e. The molecule has 0 heterocycles. The molecule has 7 heteroatoms. The zero-order valence-corrected chi connectivity index (χ0v) is 14.3. The predicted octanol–water partition coefficient (Wildman–Crippen LogP) is 4.46. The van der Waals surface area contributed by atoms with E-state index < -0.39 is 15.8 Å². The van der Waals surface area contributed by atoms with Crippen LogP contribution in [0.2, 0.25) is 0 Å². The second kappa shape index (κ2) is 5.83. The molecule has 2 aromatic carbocycles. The highest BCUT2D eigenvalue weighted by atomic mass is 79.9. The Morgan fingerprint density at radius 3 is 2.45 bits per heavy atom. The molecule has 0 aliphatic heterocycles. The molecule has 0 amide bonds. The van der Waals surface area contributed by atoms with E-state index in [1.165, 1.54) is 18.2 Å². The molecule has 106 valence electrons. The van der Waals surface area contributed by atoms with Crippen molar-refractivity contribution in [2.75, 3.05) is 4.72 Å². The van der Waals surface area contributed by atoms with Crippen LogP contribution in [0.25, 0.3) is 0 Å². The fourth-order valence-electron chi connectivity index (χ4n) is 1.59. The normalized spacial score (nSPS) is 11.4. The monoisotopic (exact) mass is 421 g/mol. The lowest BCUT2D eigenvalue weighted by molar-refractivity contribution is 0.598. The number of nitrogens with one attached hydrogen (secondary N) is 1. The number of rotatable bonds is 3. The van der Waals surface area contributed by atoms with Crippen molar-refractivity contribution in [1.82, 2.24) is 0 Å². The van der Waals surface area contributed by atoms with Crippen molar-refractivity contribution in [1.29, 1.82) is 0 Å². The van der Waals surface area contributed by atoms with E-state index in [-0.39, 0.29) is 10.6 Å². The van der Waals surface area contributed by atoms with Gasteiger partial charge in [0.05, 0.1) is 5.69 Å². The van der Waals surface area contributed by atoms with Gasteiger partial charge in [-0.3, -0.25) is 4.72 Å². The molecule has 0 bridgehead atoms. The Balaban J connectivity index is 2.43. The van der Waals surface area contributed by atoms with E-state index in [4.69, 9.17) is 0 Å². The third kappa shape index (κ3) is 3.39. The van der Waals surface area contributed by atoms with Crippen LogP contribution in [0, 0.1) is 12.7 Å². The number of benzene rings is 2. The molecule has 0 aliphatic carbocycles. The summed E-state index contributed by atoms with van der Waals surface area (Å²) in [6, 6.07) is 9.05. The minimum atomic E-state index is -3.87. The molecule has 0 radical (unpaired) electrons. The zero-order chi connectivity index (χ0) is 14.9. The summed E-state index contributed by atoms with van der Waals surface area (Å²) in [4.78, 5) is 0.0341. The van der Waals surface area contributed by atoms with E-state index >= 15 is 0 Å². The van der Waals surface area contributed by atoms with Crippen molar-refractivity contribution in [3.63, 3.8) is 0 Å². The quantitative estimate of drug-likeness (QED) is 0.793. The number of aryl methyl sites for hydroxylation is 1. The Morgan fingerprint density at radius 1 is 1.10 bits per heavy atom. The van der Waals surface area contributed by atoms with Gasteiger partial charge in [-0.1, -0.05) is 22.0 Å². The van der Waals surface area contributed by atoms with Crippen LogP contribution in [-0.2, 0) is 10.0 Å². The van der Waals surface area contributed by atoms with Gasteiger partial charge >= 0.3 is 0 Å². The van der Waals surface area contributed by atoms with Gasteiger partial charge in [0.25, 0.3) is 10.0 Å². The molecular formula is C13H10Br2FNO2S. The first-order valence-corrected chi connectivity index (χ1v) is 8.60. The number of sulfonamides is 1. The van der Waals surface area contributed by atoms with Crippen molar-refractivity contribution in [2.24, 2.45) is 0 Å². The first kappa shape index (κ1) is 15.5. The lowest BCUT2D eigenvalue weighted by atomic mass is 10.2. The van der Waals surface area contributed by atoms with Gasteiger partial charge in [0, 0.05) is 8.95 Å². The maximum atomic E-state index is 13.7. The number of anilines is 1. The highest BCUT2D eigenvalue weighted by molar-refractivity contribution is 9.11. The van der Waals surface area contributed by atoms with Crippen LogP contribution in [-0.4, -0.2) is 8.42 Å². The summed E-state index contributed by atoms with van der Waals surface area (Å²) in [5, 5.41) is 0. The summed E-state index contributed by atoms with van der Waals surface area (Å²) < 4.78 is 41.6. The van der Waals surface area contributed by atoms with Gasteiger partial charge in [-0.2, -0.15) is 0 Å². The van der Waals surface area contributed by atoms with Crippen LogP contribution in [0.4, 0.5) is 10.1 Å². The van der Waals surface area contributed by atoms with E-state index in [9.17, 15) is 12.8 Å². The molecule has 0 aliphatic rings. The highest BCUT2D eigenvalue weighted by Gasteiger charge is 2.19. The summed E-state index contributed by atoms with van der Waals surface area (Å²) in [5.74, 6) is -0.611. The molecule has 0 atom stereocenters. The molecule has 0 unspecified atom stereocenters. The molecule has 2 rings (SSSR count). The van der Waals surface area contributed by atoms with E-state index in [2.05, 4.69) is 36.6 Å². The maximum absolute atomic E-state index is 13.7. The molecule has 0 fully saturated rings. The first-order chi connectivity index (χ1) is 9.29. The molecule has 1 N–H and O–H groups in total. The lowest BCUT2D eigenvalue weighted by Gasteiger charge is -2.11. The van der Waals surface area contributed by atoms with Crippen LogP contribution >= 0.6 is 31.9 Å². The zero-order valence-electron chi connectivity index (χ0n) is 10.3. The second-order valence-corrected chi connectivity index (χ2v) is 7.58. The fraction of sp³-hybridized carbons (Fsp3) is 0.0769. The Morgan fingerprint density at radius 2 is 1.80 bits per heavy atom. The average Bonchev–Trinajstić information content (AvgIpc) is 2.35. The fourth-order valence-corrected chi connectivity index (χ4v) is 4.16. The van der Waals surface area contributed by atoms with Gasteiger partial charge in [-0.15, -0.1) is 0 Å². The molecular weight excluding hydrogens is 413 g/mol. The second-order valence-electron chi connectivity index (χ2n) is 4.16. The molecule has 20 heavy (non-hydrogen) atoms. The molecule has 3 nitrogen and oxygen atoms in total. The van der Waals surface area contributed by atoms with Crippen molar-refractivity contribution in [3.8, 4) is 0 Å². The standard InChI is InChI=1S/C13H10Br2FNO2S/c1-8-2-5-12(11(16)6-8)17-20(18,19)13-7-9(14)3-4-10(13)15/h2-7,17H,1H3. The van der Waals surface area contributed by atoms with Crippen LogP contribution in [0.1, 0.15) is 5.56 Å². The van der Waals surface area contributed by atoms with Gasteiger partial charge < -0.3 is 0 Å². The van der Waals surface area contributed by atoms with Crippen molar-refractivity contribution in [2.45, 2.75) is 11.8 Å². The van der Waals surface area contributed by atoms with Crippen LogP contribution in [0.3, 0.4) is 0 Å². The number of hydrogen-bond acceptors (Lipinski definition) is 2. The minimum absolute atomic E-state index is 0.0341. The average molecular weight is 423 g/mol. The number of halogens is 3. The van der Waals surface area contributed by atoms with Crippen LogP contribution in [0.15, 0.2) is 50.2 Å². The summed E-state index contributed by atoms with van der Waals surface area (Å²) >= 11 is 6.39. The first-order valence-electron chi connectivity index (χ1n) is 5.53. The Labute approximate surface area is 133 Å². The van der Waals surface area contributed by atoms with Gasteiger partial charge in [-0.05, 0) is 58.7 Å². The third-order valence-electron chi connectivity index (χ3n) is 2.55. The Kier molecular flexibility index (Phi) is 4.51. The maximum Gasteiger partial charge on any atom is 0.263 e. The van der Waals surface area contributed by atoms with Gasteiger partial charge in [0.2, 0.25) is 0 Å². The summed E-state index contributed by atoms with van der Waals surface area (Å²) in [6.45, 7) is 1.73. The molecule has 0 saturated heterocycles. The molecule has 2 aromatic rings. The van der Waals surface area contributed by atoms with Crippen molar-refractivity contribution < 1.29 is 12.8 Å². The van der Waals surface area contributed by atoms with Crippen molar-refractivity contribution in [3.05, 3.63) is 56.7 Å². The molecule has 0 spiro atoms. The largest absolute Gasteiger partial charge is 0.277 e. The van der Waals surface area contributed by atoms with Gasteiger partial charge in [0.1, 0.15) is 10.7 Å². The van der Waals surface area contributed by atoms with E-state index in [0.29, 0.717) is 14.5 Å². The summed E-state index contributed by atoms with van der Waals surface area (Å²) in [5.41, 5.74) is 0.636. The summed E-state index contributed by atoms with van der Waals surface area (Å²) in [7, 11) is -3.87. The predicted molar refractivity (Wildman–Crippen MR) is 83.8 cm³/mol. The third-order valence-corrected chi connectivity index (χ3v) is 5.40. The Hall–Kier alpha value is -0.920. The van der Waals surface area contributed by atoms with Crippen LogP contribution < -0.4 is 4.72 Å². The van der Waals surface area contributed by atoms with Crippen LogP contribution in [0.5, 0.6) is 0 Å². The van der Waals surface area contributed by atoms with E-state index in [0.717, 1.165) is 0 Å². The van der Waals surface area contributed by atoms with E-state index in [1.54, 1.807) is 25.1 Å². The van der Waals surface area contributed by atoms with E-state index in [1.807, 2.05) is 0 Å². The molecule has 0 aromatic heterocycles. The van der Waals surface area contributed by atoms with Gasteiger partial charge in [-0.25, -0.2) is 12.8 Å². The molecule has 0 saturated carbocycles. The van der Waals surface area contributed by atoms with Gasteiger partial charge in [0.15, 0.2) is 0 Å². The highest BCUT2D eigenvalue weighted by Crippen LogP contribution is 2.28. The smallest absolute Gasteiger partial charge is 0.263 e. The number of hydrogen-bond donors (Lipinski definition) is 1.